The van der Waals surface area contributed by atoms with E-state index in [2.05, 4.69) is 14.7 Å². The van der Waals surface area contributed by atoms with Gasteiger partial charge >= 0.3 is 0 Å². The van der Waals surface area contributed by atoms with Crippen molar-refractivity contribution in [3.8, 4) is 0 Å². The average molecular weight is 302 g/mol. The summed E-state index contributed by atoms with van der Waals surface area (Å²) in [6.45, 7) is 5.51. The van der Waals surface area contributed by atoms with Crippen LogP contribution < -0.4 is 0 Å². The van der Waals surface area contributed by atoms with Gasteiger partial charge in [-0.2, -0.15) is 0 Å². The third-order valence-electron chi connectivity index (χ3n) is 4.40. The number of carbonyl (C=O) groups excluding carboxylic acids is 1. The number of aromatic nitrogens is 3. The summed E-state index contributed by atoms with van der Waals surface area (Å²) in [4.78, 5) is 18.9. The van der Waals surface area contributed by atoms with Crippen LogP contribution in [0.4, 0.5) is 0 Å². The lowest BCUT2D eigenvalue weighted by atomic mass is 9.97. The summed E-state index contributed by atoms with van der Waals surface area (Å²) < 4.78 is 7.42. The van der Waals surface area contributed by atoms with Gasteiger partial charge in [0.25, 0.3) is 5.91 Å². The summed E-state index contributed by atoms with van der Waals surface area (Å²) in [6.07, 6.45) is 6.55. The van der Waals surface area contributed by atoms with Crippen LogP contribution in [0.5, 0.6) is 0 Å². The van der Waals surface area contributed by atoms with Crippen molar-refractivity contribution < 1.29 is 9.32 Å². The molecule has 1 atom stereocenters. The molecule has 0 saturated carbocycles. The molecule has 0 radical (unpaired) electrons. The zero-order valence-corrected chi connectivity index (χ0v) is 13.4. The van der Waals surface area contributed by atoms with E-state index in [1.54, 1.807) is 4.90 Å². The number of aryl methyl sites for hydroxylation is 3. The second kappa shape index (κ2) is 5.94. The lowest BCUT2D eigenvalue weighted by Crippen LogP contribution is -2.35. The Morgan fingerprint density at radius 1 is 1.55 bits per heavy atom. The molecule has 0 bridgehead atoms. The number of amides is 1. The van der Waals surface area contributed by atoms with Gasteiger partial charge in [0.05, 0.1) is 5.69 Å². The Morgan fingerprint density at radius 3 is 3.14 bits per heavy atom. The molecule has 1 aliphatic rings. The van der Waals surface area contributed by atoms with Crippen molar-refractivity contribution in [2.75, 3.05) is 13.6 Å². The molecule has 6 nitrogen and oxygen atoms in total. The molecule has 0 unspecified atom stereocenters. The van der Waals surface area contributed by atoms with Crippen LogP contribution in [0.2, 0.25) is 0 Å². The number of imidazole rings is 1. The number of rotatable bonds is 4. The van der Waals surface area contributed by atoms with E-state index in [4.69, 9.17) is 4.52 Å². The van der Waals surface area contributed by atoms with Crippen molar-refractivity contribution in [3.63, 3.8) is 0 Å². The standard InChI is InChI=1S/C16H22N4O2/c1-4-13-15(11(2)18-22-13)16(21)19(3)10-12-5-7-20-8-6-17-14(20)9-12/h6,8,12H,4-5,7,9-10H2,1-3H3/t12-/m0/s1. The lowest BCUT2D eigenvalue weighted by Gasteiger charge is -2.27. The Bertz CT molecular complexity index is 673. The highest BCUT2D eigenvalue weighted by atomic mass is 16.5. The SMILES string of the molecule is CCc1onc(C)c1C(=O)N(C)C[C@H]1CCn2ccnc2C1. The van der Waals surface area contributed by atoms with Crippen molar-refractivity contribution in [2.45, 2.75) is 39.7 Å². The first-order valence-electron chi connectivity index (χ1n) is 7.80. The third kappa shape index (κ3) is 2.65. The fraction of sp³-hybridized carbons (Fsp3) is 0.562. The molecular weight excluding hydrogens is 280 g/mol. The van der Waals surface area contributed by atoms with Crippen molar-refractivity contribution in [1.29, 1.82) is 0 Å². The maximum Gasteiger partial charge on any atom is 0.259 e. The average Bonchev–Trinajstić information content (AvgIpc) is 3.11. The number of nitrogens with zero attached hydrogens (tertiary/aromatic N) is 4. The van der Waals surface area contributed by atoms with Crippen LogP contribution >= 0.6 is 0 Å². The van der Waals surface area contributed by atoms with Crippen molar-refractivity contribution >= 4 is 5.91 Å². The highest BCUT2D eigenvalue weighted by Gasteiger charge is 2.26. The minimum atomic E-state index is 0.00418. The molecule has 118 valence electrons. The highest BCUT2D eigenvalue weighted by Crippen LogP contribution is 2.22. The fourth-order valence-electron chi connectivity index (χ4n) is 3.16. The quantitative estimate of drug-likeness (QED) is 0.867. The Hall–Kier alpha value is -2.11. The molecule has 2 aromatic rings. The van der Waals surface area contributed by atoms with Gasteiger partial charge in [-0.3, -0.25) is 4.79 Å². The van der Waals surface area contributed by atoms with Crippen molar-refractivity contribution in [1.82, 2.24) is 19.6 Å². The summed E-state index contributed by atoms with van der Waals surface area (Å²) >= 11 is 0. The van der Waals surface area contributed by atoms with Crippen LogP contribution in [0.3, 0.4) is 0 Å². The normalized spacial score (nSPS) is 17.3. The molecule has 1 aliphatic heterocycles. The second-order valence-electron chi connectivity index (χ2n) is 6.00. The predicted molar refractivity (Wildman–Crippen MR) is 81.6 cm³/mol. The zero-order chi connectivity index (χ0) is 15.7. The van der Waals surface area contributed by atoms with E-state index in [9.17, 15) is 4.79 Å². The zero-order valence-electron chi connectivity index (χ0n) is 13.4. The molecule has 0 aliphatic carbocycles. The number of carbonyl (C=O) groups is 1. The fourth-order valence-corrected chi connectivity index (χ4v) is 3.16. The topological polar surface area (TPSA) is 64.2 Å². The van der Waals surface area contributed by atoms with E-state index in [1.807, 2.05) is 33.3 Å². The van der Waals surface area contributed by atoms with Gasteiger partial charge < -0.3 is 14.0 Å². The Morgan fingerprint density at radius 2 is 2.36 bits per heavy atom. The summed E-state index contributed by atoms with van der Waals surface area (Å²) in [7, 11) is 1.86. The largest absolute Gasteiger partial charge is 0.360 e. The van der Waals surface area contributed by atoms with E-state index in [0.717, 1.165) is 31.8 Å². The van der Waals surface area contributed by atoms with E-state index in [1.165, 1.54) is 0 Å². The van der Waals surface area contributed by atoms with Gasteiger partial charge in [0, 0.05) is 45.4 Å². The second-order valence-corrected chi connectivity index (χ2v) is 6.00. The maximum atomic E-state index is 12.7. The molecule has 0 fully saturated rings. The third-order valence-corrected chi connectivity index (χ3v) is 4.40. The van der Waals surface area contributed by atoms with Gasteiger partial charge in [0.15, 0.2) is 0 Å². The molecule has 6 heteroatoms. The highest BCUT2D eigenvalue weighted by molar-refractivity contribution is 5.96. The first-order chi connectivity index (χ1) is 10.6. The molecule has 0 spiro atoms. The van der Waals surface area contributed by atoms with Crippen LogP contribution in [0.1, 0.15) is 41.0 Å². The lowest BCUT2D eigenvalue weighted by molar-refractivity contribution is 0.0761. The maximum absolute atomic E-state index is 12.7. The van der Waals surface area contributed by atoms with Crippen LogP contribution in [0.25, 0.3) is 0 Å². The Balaban J connectivity index is 1.68. The summed E-state index contributed by atoms with van der Waals surface area (Å²) in [5.74, 6) is 2.25. The molecule has 2 aromatic heterocycles. The summed E-state index contributed by atoms with van der Waals surface area (Å²) in [5.41, 5.74) is 1.30. The van der Waals surface area contributed by atoms with Gasteiger partial charge in [0.1, 0.15) is 17.1 Å². The van der Waals surface area contributed by atoms with Crippen molar-refractivity contribution in [2.24, 2.45) is 5.92 Å². The minimum absolute atomic E-state index is 0.00418. The number of hydrogen-bond donors (Lipinski definition) is 0. The molecule has 3 heterocycles. The van der Waals surface area contributed by atoms with Gasteiger partial charge in [-0.1, -0.05) is 12.1 Å². The molecule has 22 heavy (non-hydrogen) atoms. The predicted octanol–water partition coefficient (Wildman–Crippen LogP) is 2.08. The summed E-state index contributed by atoms with van der Waals surface area (Å²) in [5, 5.41) is 3.92. The molecule has 0 saturated heterocycles. The van der Waals surface area contributed by atoms with E-state index in [-0.39, 0.29) is 5.91 Å². The minimum Gasteiger partial charge on any atom is -0.360 e. The number of fused-ring (bicyclic) bond motifs is 1. The van der Waals surface area contributed by atoms with Crippen molar-refractivity contribution in [3.05, 3.63) is 35.2 Å². The monoisotopic (exact) mass is 302 g/mol. The Labute approximate surface area is 130 Å². The van der Waals surface area contributed by atoms with Crippen LogP contribution in [0.15, 0.2) is 16.9 Å². The van der Waals surface area contributed by atoms with Crippen LogP contribution in [-0.2, 0) is 19.4 Å². The van der Waals surface area contributed by atoms with Gasteiger partial charge in [-0.15, -0.1) is 0 Å². The van der Waals surface area contributed by atoms with Gasteiger partial charge in [-0.25, -0.2) is 4.98 Å². The molecule has 0 aromatic carbocycles. The Kier molecular flexibility index (Phi) is 4.00. The smallest absolute Gasteiger partial charge is 0.259 e. The van der Waals surface area contributed by atoms with E-state index < -0.39 is 0 Å². The summed E-state index contributed by atoms with van der Waals surface area (Å²) in [6, 6.07) is 0. The first-order valence-corrected chi connectivity index (χ1v) is 7.80. The van der Waals surface area contributed by atoms with Crippen LogP contribution in [0, 0.1) is 12.8 Å². The van der Waals surface area contributed by atoms with Gasteiger partial charge in [-0.05, 0) is 19.3 Å². The number of hydrogen-bond acceptors (Lipinski definition) is 4. The van der Waals surface area contributed by atoms with E-state index in [0.29, 0.717) is 29.4 Å². The molecule has 3 rings (SSSR count). The van der Waals surface area contributed by atoms with Crippen LogP contribution in [-0.4, -0.2) is 39.1 Å². The molecular formula is C16H22N4O2. The first kappa shape index (κ1) is 14.8. The molecule has 0 N–H and O–H groups in total. The molecule has 1 amide bonds. The van der Waals surface area contributed by atoms with E-state index >= 15 is 0 Å². The van der Waals surface area contributed by atoms with Gasteiger partial charge in [0.2, 0.25) is 0 Å².